The van der Waals surface area contributed by atoms with Crippen molar-refractivity contribution in [1.29, 1.82) is 0 Å². The third-order valence-corrected chi connectivity index (χ3v) is 6.70. The molecule has 5 aromatic rings. The van der Waals surface area contributed by atoms with Crippen molar-refractivity contribution in [2.75, 3.05) is 32.0 Å². The van der Waals surface area contributed by atoms with Gasteiger partial charge in [-0.1, -0.05) is 36.4 Å². The quantitative estimate of drug-likeness (QED) is 0.189. The largest absolute Gasteiger partial charge is 0.497 e. The Balaban J connectivity index is 1.41. The second-order valence-electron chi connectivity index (χ2n) is 9.57. The van der Waals surface area contributed by atoms with E-state index in [2.05, 4.69) is 15.6 Å². The number of amides is 1. The van der Waals surface area contributed by atoms with E-state index >= 15 is 0 Å². The zero-order chi connectivity index (χ0) is 29.6. The maximum atomic E-state index is 13.4. The van der Waals surface area contributed by atoms with E-state index in [4.69, 9.17) is 19.2 Å². The molecule has 9 nitrogen and oxygen atoms in total. The summed E-state index contributed by atoms with van der Waals surface area (Å²) in [6, 6.07) is 25.0. The van der Waals surface area contributed by atoms with Gasteiger partial charge in [0, 0.05) is 41.4 Å². The summed E-state index contributed by atoms with van der Waals surface area (Å²) in [7, 11) is 4.71. The van der Waals surface area contributed by atoms with Gasteiger partial charge in [-0.25, -0.2) is 9.97 Å². The van der Waals surface area contributed by atoms with Gasteiger partial charge in [0.2, 0.25) is 0 Å². The third-order valence-electron chi connectivity index (χ3n) is 6.70. The molecule has 2 N–H and O–H groups in total. The van der Waals surface area contributed by atoms with E-state index < -0.39 is 5.91 Å². The minimum absolute atomic E-state index is 0.0774. The molecule has 0 fully saturated rings. The molecular weight excluding hydrogens is 532 g/mol. The minimum Gasteiger partial charge on any atom is -0.497 e. The van der Waals surface area contributed by atoms with Gasteiger partial charge in [0.05, 0.1) is 32.4 Å². The molecule has 0 spiro atoms. The number of rotatable bonds is 10. The summed E-state index contributed by atoms with van der Waals surface area (Å²) in [6.45, 7) is 1.92. The molecule has 212 valence electrons. The van der Waals surface area contributed by atoms with Crippen LogP contribution in [-0.4, -0.2) is 43.0 Å². The number of hydrogen-bond donors (Lipinski definition) is 2. The Morgan fingerprint density at radius 1 is 0.714 bits per heavy atom. The van der Waals surface area contributed by atoms with E-state index in [0.717, 1.165) is 5.56 Å². The van der Waals surface area contributed by atoms with Crippen molar-refractivity contribution in [2.45, 2.75) is 13.3 Å². The number of aromatic nitrogens is 2. The summed E-state index contributed by atoms with van der Waals surface area (Å²) >= 11 is 0. The predicted molar refractivity (Wildman–Crippen MR) is 163 cm³/mol. The fourth-order valence-corrected chi connectivity index (χ4v) is 4.47. The van der Waals surface area contributed by atoms with Gasteiger partial charge in [-0.3, -0.25) is 9.59 Å². The van der Waals surface area contributed by atoms with Crippen LogP contribution in [0.1, 0.15) is 31.8 Å². The lowest BCUT2D eigenvalue weighted by atomic mass is 10.00. The highest BCUT2D eigenvalue weighted by molar-refractivity contribution is 6.06. The monoisotopic (exact) mass is 562 g/mol. The summed E-state index contributed by atoms with van der Waals surface area (Å²) in [5, 5.41) is 6.13. The van der Waals surface area contributed by atoms with Gasteiger partial charge in [0.1, 0.15) is 17.2 Å². The Kier molecular flexibility index (Phi) is 8.29. The SMILES string of the molecule is COc1cc(Nc2nc3ccccc3nc2NC(=O)c2cccc(CC(=O)c3ccc(C)c(OC)c3)c2)cc(OC)c1. The van der Waals surface area contributed by atoms with Crippen LogP contribution in [0.25, 0.3) is 11.0 Å². The van der Waals surface area contributed by atoms with Crippen molar-refractivity contribution in [2.24, 2.45) is 0 Å². The second kappa shape index (κ2) is 12.4. The molecule has 0 radical (unpaired) electrons. The molecule has 1 heterocycles. The standard InChI is InChI=1S/C33H30N4O5/c1-20-12-13-22(16-30(20)42-4)29(38)15-21-8-7-9-23(14-21)33(39)37-32-31(35-27-10-5-6-11-28(27)36-32)34-24-17-25(40-2)19-26(18-24)41-3/h5-14,16-19H,15H2,1-4H3,(H,34,35)(H,36,37,39). The van der Waals surface area contributed by atoms with Crippen LogP contribution in [0, 0.1) is 6.92 Å². The molecule has 0 atom stereocenters. The van der Waals surface area contributed by atoms with Crippen LogP contribution in [0.15, 0.2) is 84.9 Å². The maximum absolute atomic E-state index is 13.4. The Morgan fingerprint density at radius 3 is 2.07 bits per heavy atom. The van der Waals surface area contributed by atoms with E-state index in [-0.39, 0.29) is 18.0 Å². The van der Waals surface area contributed by atoms with Crippen LogP contribution in [0.2, 0.25) is 0 Å². The van der Waals surface area contributed by atoms with Gasteiger partial charge in [0.25, 0.3) is 5.91 Å². The van der Waals surface area contributed by atoms with E-state index in [0.29, 0.717) is 56.5 Å². The van der Waals surface area contributed by atoms with E-state index in [1.165, 1.54) is 0 Å². The van der Waals surface area contributed by atoms with Crippen LogP contribution >= 0.6 is 0 Å². The van der Waals surface area contributed by atoms with Crippen molar-refractivity contribution in [1.82, 2.24) is 9.97 Å². The van der Waals surface area contributed by atoms with Gasteiger partial charge in [-0.2, -0.15) is 0 Å². The van der Waals surface area contributed by atoms with E-state index in [1.54, 1.807) is 69.9 Å². The zero-order valence-electron chi connectivity index (χ0n) is 23.7. The highest BCUT2D eigenvalue weighted by Gasteiger charge is 2.16. The number of methoxy groups -OCH3 is 3. The fraction of sp³-hybridized carbons (Fsp3) is 0.152. The highest BCUT2D eigenvalue weighted by Crippen LogP contribution is 2.31. The smallest absolute Gasteiger partial charge is 0.256 e. The Hall–Kier alpha value is -5.44. The van der Waals surface area contributed by atoms with Crippen molar-refractivity contribution >= 4 is 40.0 Å². The Bertz CT molecular complexity index is 1760. The van der Waals surface area contributed by atoms with E-state index in [9.17, 15) is 9.59 Å². The molecule has 4 aromatic carbocycles. The van der Waals surface area contributed by atoms with Crippen LogP contribution in [-0.2, 0) is 6.42 Å². The molecule has 0 aliphatic carbocycles. The van der Waals surface area contributed by atoms with Gasteiger partial charge in [-0.15, -0.1) is 0 Å². The molecule has 9 heteroatoms. The lowest BCUT2D eigenvalue weighted by molar-refractivity contribution is 0.0988. The van der Waals surface area contributed by atoms with Crippen LogP contribution in [0.5, 0.6) is 17.2 Å². The third kappa shape index (κ3) is 6.31. The predicted octanol–water partition coefficient (Wildman–Crippen LogP) is 6.39. The van der Waals surface area contributed by atoms with Crippen LogP contribution < -0.4 is 24.8 Å². The zero-order valence-corrected chi connectivity index (χ0v) is 23.7. The molecule has 1 amide bonds. The number of benzene rings is 4. The van der Waals surface area contributed by atoms with Crippen molar-refractivity contribution in [3.8, 4) is 17.2 Å². The first-order chi connectivity index (χ1) is 20.4. The highest BCUT2D eigenvalue weighted by atomic mass is 16.5. The fourth-order valence-electron chi connectivity index (χ4n) is 4.47. The molecule has 42 heavy (non-hydrogen) atoms. The summed E-state index contributed by atoms with van der Waals surface area (Å²) < 4.78 is 16.1. The van der Waals surface area contributed by atoms with Gasteiger partial charge < -0.3 is 24.8 Å². The van der Waals surface area contributed by atoms with Crippen LogP contribution in [0.3, 0.4) is 0 Å². The first-order valence-corrected chi connectivity index (χ1v) is 13.2. The van der Waals surface area contributed by atoms with Crippen LogP contribution in [0.4, 0.5) is 17.3 Å². The number of Topliss-reactive ketones (excluding diaryl/α,β-unsaturated/α-hetero) is 1. The first-order valence-electron chi connectivity index (χ1n) is 13.2. The molecule has 5 rings (SSSR count). The lowest BCUT2D eigenvalue weighted by Gasteiger charge is -2.14. The Morgan fingerprint density at radius 2 is 1.40 bits per heavy atom. The molecule has 1 aromatic heterocycles. The summed E-state index contributed by atoms with van der Waals surface area (Å²) in [6.07, 6.45) is 0.133. The van der Waals surface area contributed by atoms with Gasteiger partial charge in [-0.05, 0) is 48.4 Å². The topological polar surface area (TPSA) is 112 Å². The van der Waals surface area contributed by atoms with Gasteiger partial charge >= 0.3 is 0 Å². The molecule has 0 unspecified atom stereocenters. The minimum atomic E-state index is -0.392. The number of ketones is 1. The second-order valence-corrected chi connectivity index (χ2v) is 9.57. The molecule has 0 bridgehead atoms. The number of fused-ring (bicyclic) bond motifs is 1. The van der Waals surface area contributed by atoms with E-state index in [1.807, 2.05) is 43.3 Å². The molecular formula is C33H30N4O5. The number of hydrogen-bond acceptors (Lipinski definition) is 8. The number of ether oxygens (including phenoxy) is 3. The molecule has 0 saturated carbocycles. The average Bonchev–Trinajstić information content (AvgIpc) is 3.01. The first kappa shape index (κ1) is 28.1. The molecule has 0 saturated heterocycles. The summed E-state index contributed by atoms with van der Waals surface area (Å²) in [5.41, 5.74) is 4.49. The Labute approximate surface area is 243 Å². The summed E-state index contributed by atoms with van der Waals surface area (Å²) in [5.74, 6) is 1.95. The average molecular weight is 563 g/mol. The number of nitrogens with zero attached hydrogens (tertiary/aromatic N) is 2. The lowest BCUT2D eigenvalue weighted by Crippen LogP contribution is -2.16. The van der Waals surface area contributed by atoms with Crippen molar-refractivity contribution < 1.29 is 23.8 Å². The maximum Gasteiger partial charge on any atom is 0.256 e. The summed E-state index contributed by atoms with van der Waals surface area (Å²) in [4.78, 5) is 35.8. The number of carbonyl (C=O) groups excluding carboxylic acids is 2. The molecule has 0 aliphatic heterocycles. The number of nitrogens with one attached hydrogen (secondary N) is 2. The van der Waals surface area contributed by atoms with Gasteiger partial charge in [0.15, 0.2) is 17.4 Å². The molecule has 0 aliphatic rings. The number of aryl methyl sites for hydroxylation is 1. The number of para-hydroxylation sites is 2. The normalized spacial score (nSPS) is 10.7. The van der Waals surface area contributed by atoms with Crippen molar-refractivity contribution in [3.63, 3.8) is 0 Å². The van der Waals surface area contributed by atoms with Crippen molar-refractivity contribution in [3.05, 3.63) is 107 Å². The number of carbonyl (C=O) groups is 2. The number of anilines is 3.